The summed E-state index contributed by atoms with van der Waals surface area (Å²) >= 11 is 0. The van der Waals surface area contributed by atoms with E-state index in [1.54, 1.807) is 28.4 Å². The van der Waals surface area contributed by atoms with Gasteiger partial charge >= 0.3 is 0 Å². The largest absolute Gasteiger partial charge is 0.383 e. The van der Waals surface area contributed by atoms with E-state index in [1.165, 1.54) is 0 Å². The second-order valence-electron chi connectivity index (χ2n) is 6.91. The van der Waals surface area contributed by atoms with Crippen LogP contribution >= 0.6 is 0 Å². The highest BCUT2D eigenvalue weighted by atomic mass is 16.5. The Balaban J connectivity index is 2.95. The van der Waals surface area contributed by atoms with Gasteiger partial charge in [0.2, 0.25) is 0 Å². The molecule has 0 spiro atoms. The van der Waals surface area contributed by atoms with Crippen molar-refractivity contribution in [3.05, 3.63) is 12.2 Å². The van der Waals surface area contributed by atoms with Crippen molar-refractivity contribution in [2.75, 3.05) is 48.2 Å². The SMILES string of the molecule is COC[C@H]1[C@@H](OC)[C@H](OC)[C@H](COC)N1C/C=C/C(C)(C)C. The molecular weight excluding hydrogens is 282 g/mol. The molecule has 0 unspecified atom stereocenters. The molecule has 0 aromatic carbocycles. The first-order chi connectivity index (χ1) is 10.4. The van der Waals surface area contributed by atoms with Gasteiger partial charge in [-0.05, 0) is 5.41 Å². The Morgan fingerprint density at radius 3 is 1.64 bits per heavy atom. The zero-order valence-electron chi connectivity index (χ0n) is 15.2. The molecule has 1 fully saturated rings. The Labute approximate surface area is 135 Å². The zero-order chi connectivity index (χ0) is 16.8. The standard InChI is InChI=1S/C17H33NO4/c1-17(2,3)9-8-10-18-13(11-19-4)15(21-6)16(22-7)14(18)12-20-5/h8-9,13-16H,10-12H2,1-7H3/b9-8+/t13-,14-,15+,16+/m0/s1. The molecule has 1 rings (SSSR count). The van der Waals surface area contributed by atoms with E-state index in [2.05, 4.69) is 37.8 Å². The average Bonchev–Trinajstić information content (AvgIpc) is 2.72. The van der Waals surface area contributed by atoms with Gasteiger partial charge in [-0.2, -0.15) is 0 Å². The van der Waals surface area contributed by atoms with E-state index in [0.29, 0.717) is 13.2 Å². The second-order valence-corrected chi connectivity index (χ2v) is 6.91. The lowest BCUT2D eigenvalue weighted by molar-refractivity contribution is -0.0418. The summed E-state index contributed by atoms with van der Waals surface area (Å²) in [4.78, 5) is 2.37. The molecule has 1 saturated heterocycles. The average molecular weight is 315 g/mol. The molecule has 0 bridgehead atoms. The third kappa shape index (κ3) is 5.03. The van der Waals surface area contributed by atoms with E-state index in [-0.39, 0.29) is 29.7 Å². The van der Waals surface area contributed by atoms with Gasteiger partial charge in [-0.1, -0.05) is 32.9 Å². The van der Waals surface area contributed by atoms with Crippen molar-refractivity contribution in [1.82, 2.24) is 4.90 Å². The highest BCUT2D eigenvalue weighted by molar-refractivity contribution is 5.05. The maximum absolute atomic E-state index is 5.71. The molecule has 4 atom stereocenters. The number of methoxy groups -OCH3 is 4. The first-order valence-corrected chi connectivity index (χ1v) is 7.86. The van der Waals surface area contributed by atoms with Crippen LogP contribution in [0.4, 0.5) is 0 Å². The molecule has 1 heterocycles. The van der Waals surface area contributed by atoms with Gasteiger partial charge in [-0.15, -0.1) is 0 Å². The van der Waals surface area contributed by atoms with E-state index < -0.39 is 0 Å². The summed E-state index contributed by atoms with van der Waals surface area (Å²) in [5.41, 5.74) is 0.175. The summed E-state index contributed by atoms with van der Waals surface area (Å²) in [7, 11) is 6.91. The maximum Gasteiger partial charge on any atom is 0.103 e. The van der Waals surface area contributed by atoms with Gasteiger partial charge in [0.1, 0.15) is 12.2 Å². The number of nitrogens with zero attached hydrogens (tertiary/aromatic N) is 1. The molecule has 0 aromatic heterocycles. The minimum atomic E-state index is -0.0202. The van der Waals surface area contributed by atoms with E-state index in [1.807, 2.05) is 0 Å². The summed E-state index contributed by atoms with van der Waals surface area (Å²) in [6.45, 7) is 8.65. The minimum absolute atomic E-state index is 0.0202. The maximum atomic E-state index is 5.71. The third-order valence-corrected chi connectivity index (χ3v) is 4.09. The van der Waals surface area contributed by atoms with Crippen molar-refractivity contribution in [1.29, 1.82) is 0 Å². The molecular formula is C17H33NO4. The van der Waals surface area contributed by atoms with Crippen molar-refractivity contribution >= 4 is 0 Å². The predicted molar refractivity (Wildman–Crippen MR) is 88.2 cm³/mol. The molecule has 22 heavy (non-hydrogen) atoms. The zero-order valence-corrected chi connectivity index (χ0v) is 15.2. The smallest absolute Gasteiger partial charge is 0.103 e. The molecule has 0 radical (unpaired) electrons. The van der Waals surface area contributed by atoms with Crippen LogP contribution in [0, 0.1) is 5.41 Å². The van der Waals surface area contributed by atoms with Gasteiger partial charge in [0, 0.05) is 35.0 Å². The van der Waals surface area contributed by atoms with Crippen LogP contribution in [0.25, 0.3) is 0 Å². The number of rotatable bonds is 8. The highest BCUT2D eigenvalue weighted by Crippen LogP contribution is 2.30. The van der Waals surface area contributed by atoms with Gasteiger partial charge in [-0.25, -0.2) is 0 Å². The first-order valence-electron chi connectivity index (χ1n) is 7.86. The Hall–Kier alpha value is -0.460. The van der Waals surface area contributed by atoms with Gasteiger partial charge in [0.15, 0.2) is 0 Å². The Morgan fingerprint density at radius 1 is 0.864 bits per heavy atom. The molecule has 5 heteroatoms. The normalized spacial score (nSPS) is 30.5. The number of allylic oxidation sites excluding steroid dienone is 1. The summed E-state index contributed by atoms with van der Waals surface area (Å²) < 4.78 is 22.2. The monoisotopic (exact) mass is 315 g/mol. The van der Waals surface area contributed by atoms with Gasteiger partial charge in [0.25, 0.3) is 0 Å². The van der Waals surface area contributed by atoms with Crippen LogP contribution in [0.2, 0.25) is 0 Å². The van der Waals surface area contributed by atoms with E-state index in [9.17, 15) is 0 Å². The number of hydrogen-bond donors (Lipinski definition) is 0. The first kappa shape index (κ1) is 19.6. The van der Waals surface area contributed by atoms with Crippen LogP contribution in [-0.4, -0.2) is 77.4 Å². The van der Waals surface area contributed by atoms with Crippen molar-refractivity contribution < 1.29 is 18.9 Å². The molecule has 0 saturated carbocycles. The van der Waals surface area contributed by atoms with Crippen molar-refractivity contribution in [3.63, 3.8) is 0 Å². The Morgan fingerprint density at radius 2 is 1.32 bits per heavy atom. The third-order valence-electron chi connectivity index (χ3n) is 4.09. The van der Waals surface area contributed by atoms with Gasteiger partial charge in [-0.3, -0.25) is 4.90 Å². The molecule has 0 N–H and O–H groups in total. The van der Waals surface area contributed by atoms with E-state index >= 15 is 0 Å². The summed E-state index contributed by atoms with van der Waals surface area (Å²) in [6, 6.07) is 0.314. The fraction of sp³-hybridized carbons (Fsp3) is 0.882. The summed E-state index contributed by atoms with van der Waals surface area (Å²) in [6.07, 6.45) is 4.42. The van der Waals surface area contributed by atoms with Crippen LogP contribution in [0.5, 0.6) is 0 Å². The Bertz CT molecular complexity index is 320. The lowest BCUT2D eigenvalue weighted by Crippen LogP contribution is -2.44. The van der Waals surface area contributed by atoms with Crippen molar-refractivity contribution in [2.24, 2.45) is 5.41 Å². The fourth-order valence-corrected chi connectivity index (χ4v) is 3.17. The van der Waals surface area contributed by atoms with Crippen LogP contribution in [0.3, 0.4) is 0 Å². The molecule has 1 aliphatic rings. The van der Waals surface area contributed by atoms with Crippen LogP contribution in [0.15, 0.2) is 12.2 Å². The molecule has 5 nitrogen and oxygen atoms in total. The van der Waals surface area contributed by atoms with Crippen LogP contribution < -0.4 is 0 Å². The number of hydrogen-bond acceptors (Lipinski definition) is 5. The lowest BCUT2D eigenvalue weighted by Gasteiger charge is -2.29. The quantitative estimate of drug-likeness (QED) is 0.641. The molecule has 0 aliphatic carbocycles. The fourth-order valence-electron chi connectivity index (χ4n) is 3.17. The van der Waals surface area contributed by atoms with Crippen LogP contribution in [0.1, 0.15) is 20.8 Å². The molecule has 0 amide bonds. The minimum Gasteiger partial charge on any atom is -0.383 e. The van der Waals surface area contributed by atoms with E-state index in [0.717, 1.165) is 6.54 Å². The van der Waals surface area contributed by atoms with Gasteiger partial charge < -0.3 is 18.9 Å². The second kappa shape index (κ2) is 8.99. The number of likely N-dealkylation sites (tertiary alicyclic amines) is 1. The van der Waals surface area contributed by atoms with Crippen LogP contribution in [-0.2, 0) is 18.9 Å². The summed E-state index contributed by atoms with van der Waals surface area (Å²) in [5, 5.41) is 0. The summed E-state index contributed by atoms with van der Waals surface area (Å²) in [5.74, 6) is 0. The topological polar surface area (TPSA) is 40.2 Å². The van der Waals surface area contributed by atoms with Crippen molar-refractivity contribution in [2.45, 2.75) is 45.1 Å². The molecule has 0 aromatic rings. The highest BCUT2D eigenvalue weighted by Gasteiger charge is 2.49. The van der Waals surface area contributed by atoms with Gasteiger partial charge in [0.05, 0.1) is 25.3 Å². The lowest BCUT2D eigenvalue weighted by atomic mass is 9.96. The Kier molecular flexibility index (Phi) is 8.00. The van der Waals surface area contributed by atoms with Crippen molar-refractivity contribution in [3.8, 4) is 0 Å². The van der Waals surface area contributed by atoms with E-state index in [4.69, 9.17) is 18.9 Å². The molecule has 130 valence electrons. The molecule has 1 aliphatic heterocycles. The number of ether oxygens (including phenoxy) is 4. The predicted octanol–water partition coefficient (Wildman–Crippen LogP) is 1.96.